The highest BCUT2D eigenvalue weighted by atomic mass is 35.5. The van der Waals surface area contributed by atoms with Crippen molar-refractivity contribution in [2.45, 2.75) is 24.6 Å². The van der Waals surface area contributed by atoms with Gasteiger partial charge in [-0.1, -0.05) is 11.6 Å². The molecule has 0 aromatic heterocycles. The molecule has 3 heteroatoms. The summed E-state index contributed by atoms with van der Waals surface area (Å²) in [7, 11) is 0. The van der Waals surface area contributed by atoms with Crippen molar-refractivity contribution < 1.29 is 9.13 Å². The Balaban J connectivity index is 2.17. The topological polar surface area (TPSA) is 9.23 Å². The second-order valence-corrected chi connectivity index (χ2v) is 2.54. The van der Waals surface area contributed by atoms with E-state index in [-0.39, 0.29) is 6.10 Å². The lowest BCUT2D eigenvalue weighted by atomic mass is 10.8. The lowest BCUT2D eigenvalue weighted by Gasteiger charge is -1.95. The Morgan fingerprint density at radius 2 is 2.50 bits per heavy atom. The van der Waals surface area contributed by atoms with E-state index in [2.05, 4.69) is 0 Å². The van der Waals surface area contributed by atoms with Crippen LogP contribution in [0.25, 0.3) is 0 Å². The average Bonchev–Trinajstić information content (AvgIpc) is 2.15. The summed E-state index contributed by atoms with van der Waals surface area (Å²) in [6.07, 6.45) is 0.0109. The molecule has 2 atom stereocenters. The largest absolute Gasteiger partial charge is 0.374 e. The molecule has 1 aliphatic rings. The van der Waals surface area contributed by atoms with Crippen molar-refractivity contribution >= 4 is 11.6 Å². The molecule has 1 nitrogen and oxygen atoms in total. The Hall–Kier alpha value is 0.180. The van der Waals surface area contributed by atoms with Crippen LogP contribution in [0.2, 0.25) is 0 Å². The van der Waals surface area contributed by atoms with Gasteiger partial charge in [-0.15, -0.1) is 0 Å². The van der Waals surface area contributed by atoms with Gasteiger partial charge in [0.1, 0.15) is 6.10 Å². The highest BCUT2D eigenvalue weighted by Gasteiger charge is 2.55. The molecular weight excluding hydrogens is 131 g/mol. The lowest BCUT2D eigenvalue weighted by Crippen LogP contribution is -2.01. The van der Waals surface area contributed by atoms with Crippen molar-refractivity contribution in [2.75, 3.05) is 6.61 Å². The summed E-state index contributed by atoms with van der Waals surface area (Å²) in [5.74, 6) is 0. The first kappa shape index (κ1) is 6.30. The van der Waals surface area contributed by atoms with E-state index in [1.54, 1.807) is 0 Å². The molecule has 0 aromatic carbocycles. The zero-order valence-electron chi connectivity index (χ0n) is 4.66. The summed E-state index contributed by atoms with van der Waals surface area (Å²) in [6.45, 7) is 2.37. The summed E-state index contributed by atoms with van der Waals surface area (Å²) in [4.78, 5) is 0. The normalized spacial score (nSPS) is 44.6. The first-order valence-corrected chi connectivity index (χ1v) is 3.04. The number of alkyl halides is 2. The van der Waals surface area contributed by atoms with Gasteiger partial charge >= 0.3 is 0 Å². The molecule has 0 saturated heterocycles. The highest BCUT2D eigenvalue weighted by molar-refractivity contribution is 6.25. The fraction of sp³-hybridized carbons (Fsp3) is 1.00. The van der Waals surface area contributed by atoms with Crippen LogP contribution in [0.15, 0.2) is 0 Å². The molecule has 0 bridgehead atoms. The summed E-state index contributed by atoms with van der Waals surface area (Å²) in [6, 6.07) is 0. The van der Waals surface area contributed by atoms with Crippen LogP contribution in [0.1, 0.15) is 13.3 Å². The van der Waals surface area contributed by atoms with E-state index >= 15 is 0 Å². The van der Waals surface area contributed by atoms with E-state index in [1.807, 2.05) is 6.92 Å². The Morgan fingerprint density at radius 3 is 2.62 bits per heavy atom. The van der Waals surface area contributed by atoms with Gasteiger partial charge in [-0.05, 0) is 6.92 Å². The van der Waals surface area contributed by atoms with Crippen molar-refractivity contribution in [3.8, 4) is 0 Å². The van der Waals surface area contributed by atoms with Crippen LogP contribution in [0.5, 0.6) is 0 Å². The highest BCUT2D eigenvalue weighted by Crippen LogP contribution is 2.46. The third-order valence-corrected chi connectivity index (χ3v) is 1.53. The quantitative estimate of drug-likeness (QED) is 0.528. The van der Waals surface area contributed by atoms with Gasteiger partial charge in [-0.3, -0.25) is 0 Å². The van der Waals surface area contributed by atoms with Crippen molar-refractivity contribution in [2.24, 2.45) is 0 Å². The van der Waals surface area contributed by atoms with Crippen molar-refractivity contribution in [1.29, 1.82) is 0 Å². The molecule has 1 aliphatic carbocycles. The number of rotatable bonds is 2. The van der Waals surface area contributed by atoms with E-state index < -0.39 is 5.13 Å². The van der Waals surface area contributed by atoms with Crippen LogP contribution in [-0.2, 0) is 4.74 Å². The van der Waals surface area contributed by atoms with Gasteiger partial charge in [-0.25, -0.2) is 4.39 Å². The van der Waals surface area contributed by atoms with Gasteiger partial charge in [0, 0.05) is 13.0 Å². The van der Waals surface area contributed by atoms with Crippen molar-refractivity contribution in [3.63, 3.8) is 0 Å². The molecule has 1 saturated carbocycles. The summed E-state index contributed by atoms with van der Waals surface area (Å²) in [5.41, 5.74) is 0. The molecule has 48 valence electrons. The summed E-state index contributed by atoms with van der Waals surface area (Å²) >= 11 is 5.19. The van der Waals surface area contributed by atoms with Crippen molar-refractivity contribution in [3.05, 3.63) is 0 Å². The number of hydrogen-bond donors (Lipinski definition) is 0. The van der Waals surface area contributed by atoms with Crippen LogP contribution in [0, 0.1) is 0 Å². The molecule has 8 heavy (non-hydrogen) atoms. The Morgan fingerprint density at radius 1 is 2.00 bits per heavy atom. The number of hydrogen-bond acceptors (Lipinski definition) is 1. The van der Waals surface area contributed by atoms with E-state index in [0.717, 1.165) is 0 Å². The zero-order valence-corrected chi connectivity index (χ0v) is 5.41. The minimum atomic E-state index is -1.53. The Bertz CT molecular complexity index is 94.4. The van der Waals surface area contributed by atoms with Gasteiger partial charge in [0.2, 0.25) is 5.13 Å². The first-order valence-electron chi connectivity index (χ1n) is 2.66. The average molecular weight is 139 g/mol. The molecule has 0 spiro atoms. The standard InChI is InChI=1S/C5H8ClFO/c1-2-8-4-3-5(4,6)7/h4H,2-3H2,1H3/t4-,5-/m1/s1. The third kappa shape index (κ3) is 1.12. The molecule has 0 radical (unpaired) electrons. The zero-order chi connectivity index (χ0) is 6.20. The third-order valence-electron chi connectivity index (χ3n) is 1.14. The SMILES string of the molecule is CCO[C@@H]1C[C@]1(F)Cl. The minimum absolute atomic E-state index is 0.339. The van der Waals surface area contributed by atoms with Crippen LogP contribution in [0.4, 0.5) is 4.39 Å². The fourth-order valence-corrected chi connectivity index (χ4v) is 0.773. The van der Waals surface area contributed by atoms with Crippen LogP contribution in [0.3, 0.4) is 0 Å². The Kier molecular flexibility index (Phi) is 1.46. The van der Waals surface area contributed by atoms with Crippen molar-refractivity contribution in [1.82, 2.24) is 0 Å². The van der Waals surface area contributed by atoms with Crippen LogP contribution in [-0.4, -0.2) is 17.8 Å². The molecule has 0 aliphatic heterocycles. The molecule has 0 N–H and O–H groups in total. The van der Waals surface area contributed by atoms with Gasteiger partial charge in [0.25, 0.3) is 0 Å². The maximum atomic E-state index is 12.3. The number of halogens is 2. The van der Waals surface area contributed by atoms with Gasteiger partial charge in [0.05, 0.1) is 0 Å². The van der Waals surface area contributed by atoms with E-state index in [1.165, 1.54) is 0 Å². The second-order valence-electron chi connectivity index (χ2n) is 1.91. The molecule has 0 amide bonds. The maximum absolute atomic E-state index is 12.3. The molecule has 1 rings (SSSR count). The van der Waals surface area contributed by atoms with Gasteiger partial charge < -0.3 is 4.74 Å². The minimum Gasteiger partial charge on any atom is -0.374 e. The summed E-state index contributed by atoms with van der Waals surface area (Å²) in [5, 5.41) is -1.53. The molecule has 0 heterocycles. The molecule has 0 aromatic rings. The smallest absolute Gasteiger partial charge is 0.212 e. The van der Waals surface area contributed by atoms with Gasteiger partial charge in [-0.2, -0.15) is 0 Å². The predicted octanol–water partition coefficient (Wildman–Crippen LogP) is 1.70. The molecular formula is C5H8ClFO. The van der Waals surface area contributed by atoms with Crippen LogP contribution >= 0.6 is 11.6 Å². The summed E-state index contributed by atoms with van der Waals surface area (Å²) < 4.78 is 17.2. The van der Waals surface area contributed by atoms with Gasteiger partial charge in [0.15, 0.2) is 0 Å². The first-order chi connectivity index (χ1) is 3.67. The molecule has 0 unspecified atom stereocenters. The monoisotopic (exact) mass is 138 g/mol. The molecule has 1 fully saturated rings. The van der Waals surface area contributed by atoms with E-state index in [0.29, 0.717) is 13.0 Å². The maximum Gasteiger partial charge on any atom is 0.212 e. The lowest BCUT2D eigenvalue weighted by molar-refractivity contribution is 0.106. The number of ether oxygens (including phenoxy) is 1. The second kappa shape index (κ2) is 1.85. The van der Waals surface area contributed by atoms with E-state index in [4.69, 9.17) is 16.3 Å². The fourth-order valence-electron chi connectivity index (χ4n) is 0.570. The van der Waals surface area contributed by atoms with Crippen LogP contribution < -0.4 is 0 Å². The Labute approximate surface area is 52.8 Å². The van der Waals surface area contributed by atoms with E-state index in [9.17, 15) is 4.39 Å². The predicted molar refractivity (Wildman–Crippen MR) is 29.7 cm³/mol.